The minimum atomic E-state index is -3.35. The Kier molecular flexibility index (Phi) is 9.22. The van der Waals surface area contributed by atoms with E-state index < -0.39 is 10.0 Å². The van der Waals surface area contributed by atoms with Gasteiger partial charge in [0.05, 0.1) is 11.4 Å². The van der Waals surface area contributed by atoms with Crippen LogP contribution < -0.4 is 14.9 Å². The molecule has 0 aliphatic carbocycles. The average molecular weight is 528 g/mol. The van der Waals surface area contributed by atoms with E-state index >= 15 is 0 Å². The van der Waals surface area contributed by atoms with Gasteiger partial charge in [-0.05, 0) is 36.5 Å². The number of aliphatic imine (C=N–C) groups is 1. The van der Waals surface area contributed by atoms with Gasteiger partial charge in [0.25, 0.3) is 0 Å². The lowest BCUT2D eigenvalue weighted by atomic mass is 10.1. The van der Waals surface area contributed by atoms with Crippen LogP contribution in [-0.2, 0) is 22.9 Å². The summed E-state index contributed by atoms with van der Waals surface area (Å²) in [6.07, 6.45) is 2.74. The van der Waals surface area contributed by atoms with Gasteiger partial charge in [-0.25, -0.2) is 8.42 Å². The molecule has 0 spiro atoms. The zero-order valence-electron chi connectivity index (χ0n) is 16.7. The topological polar surface area (TPSA) is 73.8 Å². The van der Waals surface area contributed by atoms with Gasteiger partial charge in [0.15, 0.2) is 5.96 Å². The Bertz CT molecular complexity index is 904. The minimum Gasteiger partial charge on any atom is -0.356 e. The van der Waals surface area contributed by atoms with Crippen LogP contribution in [-0.4, -0.2) is 46.8 Å². The predicted octanol–water partition coefficient (Wildman–Crippen LogP) is 2.79. The van der Waals surface area contributed by atoms with Crippen molar-refractivity contribution in [3.8, 4) is 0 Å². The van der Waals surface area contributed by atoms with E-state index in [2.05, 4.69) is 27.8 Å². The Morgan fingerprint density at radius 2 is 1.72 bits per heavy atom. The van der Waals surface area contributed by atoms with Crippen molar-refractivity contribution in [2.24, 2.45) is 4.99 Å². The highest BCUT2D eigenvalue weighted by molar-refractivity contribution is 14.0. The second-order valence-electron chi connectivity index (χ2n) is 6.78. The largest absolute Gasteiger partial charge is 0.356 e. The molecule has 3 rings (SSSR count). The lowest BCUT2D eigenvalue weighted by Gasteiger charge is -2.20. The van der Waals surface area contributed by atoms with Crippen LogP contribution in [0.1, 0.15) is 17.5 Å². The molecule has 0 aromatic heterocycles. The lowest BCUT2D eigenvalue weighted by molar-refractivity contribution is 0.590. The average Bonchev–Trinajstić information content (AvgIpc) is 3.15. The van der Waals surface area contributed by atoms with Crippen LogP contribution in [0.2, 0.25) is 0 Å². The van der Waals surface area contributed by atoms with Crippen molar-refractivity contribution >= 4 is 45.6 Å². The number of aryl methyl sites for hydroxylation is 1. The number of para-hydroxylation sites is 1. The van der Waals surface area contributed by atoms with Gasteiger partial charge in [0.2, 0.25) is 10.0 Å². The van der Waals surface area contributed by atoms with Gasteiger partial charge < -0.3 is 10.6 Å². The van der Waals surface area contributed by atoms with Crippen LogP contribution in [0.15, 0.2) is 59.6 Å². The summed E-state index contributed by atoms with van der Waals surface area (Å²) < 4.78 is 26.9. The maximum atomic E-state index is 12.7. The Labute approximate surface area is 190 Å². The summed E-state index contributed by atoms with van der Waals surface area (Å²) in [5.41, 5.74) is 3.21. The molecule has 2 aromatic carbocycles. The number of hydrogen-bond acceptors (Lipinski definition) is 3. The lowest BCUT2D eigenvalue weighted by Crippen LogP contribution is -2.42. The maximum Gasteiger partial charge on any atom is 0.236 e. The molecule has 0 fully saturated rings. The molecule has 6 nitrogen and oxygen atoms in total. The van der Waals surface area contributed by atoms with Crippen molar-refractivity contribution in [2.75, 3.05) is 36.7 Å². The molecule has 158 valence electrons. The van der Waals surface area contributed by atoms with Crippen LogP contribution in [0.3, 0.4) is 0 Å². The first-order chi connectivity index (χ1) is 13.6. The summed E-state index contributed by atoms with van der Waals surface area (Å²) in [5, 5.41) is 6.35. The molecule has 0 saturated carbocycles. The normalized spacial score (nSPS) is 13.6. The Hall–Kier alpha value is -1.81. The fourth-order valence-electron chi connectivity index (χ4n) is 3.37. The van der Waals surface area contributed by atoms with E-state index in [1.807, 2.05) is 42.5 Å². The molecular formula is C21H29IN4O2S. The number of nitrogens with zero attached hydrogens (tertiary/aromatic N) is 2. The van der Waals surface area contributed by atoms with Crippen molar-refractivity contribution in [1.29, 1.82) is 0 Å². The van der Waals surface area contributed by atoms with Crippen molar-refractivity contribution in [1.82, 2.24) is 10.6 Å². The smallest absolute Gasteiger partial charge is 0.236 e. The van der Waals surface area contributed by atoms with E-state index in [-0.39, 0.29) is 29.7 Å². The molecule has 0 atom stereocenters. The van der Waals surface area contributed by atoms with Gasteiger partial charge in [0.1, 0.15) is 0 Å². The first kappa shape index (κ1) is 23.5. The Morgan fingerprint density at radius 3 is 2.48 bits per heavy atom. The zero-order valence-corrected chi connectivity index (χ0v) is 19.8. The van der Waals surface area contributed by atoms with Gasteiger partial charge in [0, 0.05) is 26.7 Å². The number of sulfonamides is 1. The number of guanidine groups is 1. The molecule has 1 aliphatic rings. The Balaban J connectivity index is 0.00000300. The number of nitrogens with one attached hydrogen (secondary N) is 2. The van der Waals surface area contributed by atoms with Crippen molar-refractivity contribution < 1.29 is 8.42 Å². The van der Waals surface area contributed by atoms with E-state index in [0.717, 1.165) is 37.1 Å². The summed E-state index contributed by atoms with van der Waals surface area (Å²) in [6.45, 7) is 1.62. The van der Waals surface area contributed by atoms with E-state index in [1.165, 1.54) is 9.87 Å². The molecule has 0 bridgehead atoms. The van der Waals surface area contributed by atoms with Crippen molar-refractivity contribution in [3.63, 3.8) is 0 Å². The van der Waals surface area contributed by atoms with Crippen LogP contribution in [0.25, 0.3) is 0 Å². The fraction of sp³-hybridized carbons (Fsp3) is 0.381. The van der Waals surface area contributed by atoms with E-state index in [0.29, 0.717) is 19.0 Å². The van der Waals surface area contributed by atoms with Crippen molar-refractivity contribution in [3.05, 3.63) is 65.7 Å². The summed E-state index contributed by atoms with van der Waals surface area (Å²) in [6, 6.07) is 18.0. The monoisotopic (exact) mass is 528 g/mol. The second kappa shape index (κ2) is 11.4. The van der Waals surface area contributed by atoms with E-state index in [9.17, 15) is 8.42 Å². The summed E-state index contributed by atoms with van der Waals surface area (Å²) >= 11 is 0. The fourth-order valence-corrected chi connectivity index (χ4v) is 4.80. The Morgan fingerprint density at radius 1 is 1.03 bits per heavy atom. The molecule has 0 amide bonds. The van der Waals surface area contributed by atoms with Crippen LogP contribution in [0.5, 0.6) is 0 Å². The molecular weight excluding hydrogens is 499 g/mol. The summed E-state index contributed by atoms with van der Waals surface area (Å²) in [5.74, 6) is 0.663. The van der Waals surface area contributed by atoms with Gasteiger partial charge in [-0.1, -0.05) is 48.5 Å². The van der Waals surface area contributed by atoms with Crippen LogP contribution >= 0.6 is 24.0 Å². The third-order valence-corrected chi connectivity index (χ3v) is 6.60. The predicted molar refractivity (Wildman–Crippen MR) is 131 cm³/mol. The summed E-state index contributed by atoms with van der Waals surface area (Å²) in [7, 11) is -1.66. The maximum absolute atomic E-state index is 12.7. The van der Waals surface area contributed by atoms with Crippen molar-refractivity contribution in [2.45, 2.75) is 19.3 Å². The highest BCUT2D eigenvalue weighted by Gasteiger charge is 2.28. The molecule has 1 aliphatic heterocycles. The quantitative estimate of drug-likeness (QED) is 0.239. The second-order valence-corrected chi connectivity index (χ2v) is 8.79. The first-order valence-electron chi connectivity index (χ1n) is 9.67. The third kappa shape index (κ3) is 6.60. The van der Waals surface area contributed by atoms with E-state index in [4.69, 9.17) is 0 Å². The molecule has 8 heteroatoms. The number of benzene rings is 2. The number of hydrogen-bond donors (Lipinski definition) is 2. The van der Waals surface area contributed by atoms with Gasteiger partial charge in [-0.15, -0.1) is 24.0 Å². The first-order valence-corrected chi connectivity index (χ1v) is 11.3. The number of halogens is 1. The standard InChI is InChI=1S/C21H28N4O2S.HI/c1-22-21(23-14-7-10-18-8-3-2-4-9-18)24-15-17-28(26,27)25-16-13-19-11-5-6-12-20(19)25;/h2-6,8-9,11-12H,7,10,13-17H2,1H3,(H2,22,23,24);1H. The van der Waals surface area contributed by atoms with E-state index in [1.54, 1.807) is 7.05 Å². The minimum absolute atomic E-state index is 0. The molecule has 0 unspecified atom stereocenters. The van der Waals surface area contributed by atoms with Crippen LogP contribution in [0, 0.1) is 0 Å². The molecule has 29 heavy (non-hydrogen) atoms. The highest BCUT2D eigenvalue weighted by atomic mass is 127. The molecule has 2 N–H and O–H groups in total. The van der Waals surface area contributed by atoms with Gasteiger partial charge in [-0.2, -0.15) is 0 Å². The highest BCUT2D eigenvalue weighted by Crippen LogP contribution is 2.29. The molecule has 1 heterocycles. The van der Waals surface area contributed by atoms with Gasteiger partial charge in [-0.3, -0.25) is 9.30 Å². The third-order valence-electron chi connectivity index (χ3n) is 4.83. The van der Waals surface area contributed by atoms with Crippen LogP contribution in [0.4, 0.5) is 5.69 Å². The number of anilines is 1. The summed E-state index contributed by atoms with van der Waals surface area (Å²) in [4.78, 5) is 4.17. The number of rotatable bonds is 8. The molecule has 2 aromatic rings. The zero-order chi connectivity index (χ0) is 19.8. The molecule has 0 saturated heterocycles. The van der Waals surface area contributed by atoms with Gasteiger partial charge >= 0.3 is 0 Å². The number of fused-ring (bicyclic) bond motifs is 1. The SMILES string of the molecule is CN=C(NCCCc1ccccc1)NCCS(=O)(=O)N1CCc2ccccc21.I. The molecule has 0 radical (unpaired) electrons.